The third kappa shape index (κ3) is 3.02. The highest BCUT2D eigenvalue weighted by atomic mass is 79.9. The highest BCUT2D eigenvalue weighted by Crippen LogP contribution is 2.29. The average Bonchev–Trinajstić information content (AvgIpc) is 2.39. The first-order valence-electron chi connectivity index (χ1n) is 6.30. The summed E-state index contributed by atoms with van der Waals surface area (Å²) in [6.45, 7) is 3.86. The van der Waals surface area contributed by atoms with Gasteiger partial charge in [0.15, 0.2) is 6.04 Å². The monoisotopic (exact) mass is 333 g/mol. The average molecular weight is 334 g/mol. The molecule has 20 heavy (non-hydrogen) atoms. The van der Waals surface area contributed by atoms with Gasteiger partial charge in [-0.1, -0.05) is 30.3 Å². The van der Waals surface area contributed by atoms with E-state index < -0.39 is 12.0 Å². The number of carboxylic acids is 1. The lowest BCUT2D eigenvalue weighted by atomic mass is 9.96. The van der Waals surface area contributed by atoms with E-state index in [0.717, 1.165) is 26.9 Å². The fourth-order valence-electron chi connectivity index (χ4n) is 2.27. The molecule has 2 aromatic rings. The maximum absolute atomic E-state index is 11.6. The van der Waals surface area contributed by atoms with Gasteiger partial charge in [0.25, 0.3) is 0 Å². The molecule has 0 saturated carbocycles. The molecule has 0 heterocycles. The van der Waals surface area contributed by atoms with E-state index >= 15 is 0 Å². The predicted octanol–water partition coefficient (Wildman–Crippen LogP) is 4.30. The van der Waals surface area contributed by atoms with Crippen LogP contribution in [0.4, 0.5) is 5.69 Å². The molecule has 0 saturated heterocycles. The fraction of sp³-hybridized carbons (Fsp3) is 0.188. The van der Waals surface area contributed by atoms with Gasteiger partial charge in [0, 0.05) is 10.2 Å². The quantitative estimate of drug-likeness (QED) is 0.876. The molecular weight excluding hydrogens is 318 g/mol. The number of halogens is 1. The lowest BCUT2D eigenvalue weighted by molar-refractivity contribution is -0.138. The minimum atomic E-state index is -0.891. The smallest absolute Gasteiger partial charge is 0.330 e. The predicted molar refractivity (Wildman–Crippen MR) is 84.1 cm³/mol. The first kappa shape index (κ1) is 14.6. The Hall–Kier alpha value is -1.81. The summed E-state index contributed by atoms with van der Waals surface area (Å²) in [4.78, 5) is 11.6. The van der Waals surface area contributed by atoms with Gasteiger partial charge in [-0.05, 0) is 58.6 Å². The van der Waals surface area contributed by atoms with Crippen molar-refractivity contribution in [2.75, 3.05) is 5.32 Å². The normalized spacial score (nSPS) is 11.9. The summed E-state index contributed by atoms with van der Waals surface area (Å²) in [5, 5.41) is 12.6. The molecule has 104 valence electrons. The molecule has 0 spiro atoms. The summed E-state index contributed by atoms with van der Waals surface area (Å²) in [5.74, 6) is -0.891. The van der Waals surface area contributed by atoms with Crippen LogP contribution < -0.4 is 5.32 Å². The van der Waals surface area contributed by atoms with Gasteiger partial charge in [-0.3, -0.25) is 0 Å². The van der Waals surface area contributed by atoms with Crippen LogP contribution in [-0.4, -0.2) is 11.1 Å². The second kappa shape index (κ2) is 6.09. The molecule has 0 amide bonds. The third-order valence-corrected chi connectivity index (χ3v) is 3.94. The second-order valence-electron chi connectivity index (χ2n) is 4.70. The van der Waals surface area contributed by atoms with Crippen molar-refractivity contribution in [1.82, 2.24) is 0 Å². The number of nitrogens with one attached hydrogen (secondary N) is 1. The third-order valence-electron chi connectivity index (χ3n) is 3.25. The minimum Gasteiger partial charge on any atom is -0.479 e. The number of carbonyl (C=O) groups is 1. The van der Waals surface area contributed by atoms with Crippen LogP contribution in [0.1, 0.15) is 22.7 Å². The summed E-state index contributed by atoms with van der Waals surface area (Å²) < 4.78 is 0.845. The van der Waals surface area contributed by atoms with Crippen molar-refractivity contribution in [3.05, 3.63) is 63.6 Å². The molecule has 3 nitrogen and oxygen atoms in total. The number of benzene rings is 2. The SMILES string of the molecule is Cc1cccc(C)c1C(Nc1ccccc1Br)C(=O)O. The fourth-order valence-corrected chi connectivity index (χ4v) is 2.67. The number of carboxylic acid groups (broad SMARTS) is 1. The van der Waals surface area contributed by atoms with Gasteiger partial charge in [-0.2, -0.15) is 0 Å². The Bertz CT molecular complexity index is 620. The molecule has 0 aliphatic rings. The molecule has 2 aromatic carbocycles. The summed E-state index contributed by atoms with van der Waals surface area (Å²) in [6.07, 6.45) is 0. The number of hydrogen-bond acceptors (Lipinski definition) is 2. The minimum absolute atomic E-state index is 0.766. The van der Waals surface area contributed by atoms with Crippen LogP contribution in [-0.2, 0) is 4.79 Å². The number of rotatable bonds is 4. The summed E-state index contributed by atoms with van der Waals surface area (Å²) in [5.41, 5.74) is 3.52. The van der Waals surface area contributed by atoms with Gasteiger partial charge in [0.2, 0.25) is 0 Å². The Labute approximate surface area is 126 Å². The topological polar surface area (TPSA) is 49.3 Å². The van der Waals surface area contributed by atoms with E-state index in [-0.39, 0.29) is 0 Å². The molecule has 2 N–H and O–H groups in total. The van der Waals surface area contributed by atoms with E-state index in [1.165, 1.54) is 0 Å². The number of aryl methyl sites for hydroxylation is 2. The number of hydrogen-bond donors (Lipinski definition) is 2. The van der Waals surface area contributed by atoms with Crippen molar-refractivity contribution >= 4 is 27.6 Å². The van der Waals surface area contributed by atoms with Crippen LogP contribution >= 0.6 is 15.9 Å². The molecule has 1 unspecified atom stereocenters. The van der Waals surface area contributed by atoms with E-state index in [4.69, 9.17) is 0 Å². The van der Waals surface area contributed by atoms with Crippen LogP contribution in [0.5, 0.6) is 0 Å². The Kier molecular flexibility index (Phi) is 4.45. The van der Waals surface area contributed by atoms with Crippen molar-refractivity contribution in [3.8, 4) is 0 Å². The number of anilines is 1. The van der Waals surface area contributed by atoms with Crippen LogP contribution in [0.2, 0.25) is 0 Å². The molecule has 0 aromatic heterocycles. The molecule has 4 heteroatoms. The van der Waals surface area contributed by atoms with Gasteiger partial charge in [-0.25, -0.2) is 4.79 Å². The van der Waals surface area contributed by atoms with Gasteiger partial charge in [0.05, 0.1) is 0 Å². The van der Waals surface area contributed by atoms with Crippen molar-refractivity contribution < 1.29 is 9.90 Å². The number of aliphatic carboxylic acids is 1. The van der Waals surface area contributed by atoms with E-state index in [1.54, 1.807) is 0 Å². The zero-order chi connectivity index (χ0) is 14.7. The van der Waals surface area contributed by atoms with Crippen molar-refractivity contribution in [3.63, 3.8) is 0 Å². The second-order valence-corrected chi connectivity index (χ2v) is 5.56. The lowest BCUT2D eigenvalue weighted by Gasteiger charge is -2.21. The molecule has 0 aliphatic carbocycles. The molecular formula is C16H16BrNO2. The van der Waals surface area contributed by atoms with Crippen LogP contribution in [0.3, 0.4) is 0 Å². The summed E-state index contributed by atoms with van der Waals surface area (Å²) in [7, 11) is 0. The van der Waals surface area contributed by atoms with Crippen LogP contribution in [0, 0.1) is 13.8 Å². The van der Waals surface area contributed by atoms with Crippen LogP contribution in [0.25, 0.3) is 0 Å². The van der Waals surface area contributed by atoms with Crippen molar-refractivity contribution in [2.45, 2.75) is 19.9 Å². The largest absolute Gasteiger partial charge is 0.479 e. The maximum atomic E-state index is 11.6. The zero-order valence-corrected chi connectivity index (χ0v) is 12.9. The molecule has 0 aliphatic heterocycles. The van der Waals surface area contributed by atoms with E-state index in [2.05, 4.69) is 21.2 Å². The van der Waals surface area contributed by atoms with E-state index in [1.807, 2.05) is 56.3 Å². The molecule has 2 rings (SSSR count). The Morgan fingerprint density at radius 2 is 1.70 bits per heavy atom. The molecule has 0 radical (unpaired) electrons. The summed E-state index contributed by atoms with van der Waals surface area (Å²) in [6, 6.07) is 12.5. The Morgan fingerprint density at radius 1 is 1.10 bits per heavy atom. The first-order valence-corrected chi connectivity index (χ1v) is 7.10. The molecule has 1 atom stereocenters. The van der Waals surface area contributed by atoms with Gasteiger partial charge in [-0.15, -0.1) is 0 Å². The molecule has 0 bridgehead atoms. The van der Waals surface area contributed by atoms with Crippen molar-refractivity contribution in [2.24, 2.45) is 0 Å². The zero-order valence-electron chi connectivity index (χ0n) is 11.4. The van der Waals surface area contributed by atoms with Gasteiger partial charge in [0.1, 0.15) is 0 Å². The number of para-hydroxylation sites is 1. The first-order chi connectivity index (χ1) is 9.50. The molecule has 0 fully saturated rings. The lowest BCUT2D eigenvalue weighted by Crippen LogP contribution is -2.22. The maximum Gasteiger partial charge on any atom is 0.330 e. The Morgan fingerprint density at radius 3 is 2.25 bits per heavy atom. The highest BCUT2D eigenvalue weighted by molar-refractivity contribution is 9.10. The van der Waals surface area contributed by atoms with Gasteiger partial charge >= 0.3 is 5.97 Å². The highest BCUT2D eigenvalue weighted by Gasteiger charge is 2.23. The standard InChI is InChI=1S/C16H16BrNO2/c1-10-6-5-7-11(2)14(10)15(16(19)20)18-13-9-4-3-8-12(13)17/h3-9,15,18H,1-2H3,(H,19,20). The summed E-state index contributed by atoms with van der Waals surface area (Å²) >= 11 is 3.43. The Balaban J connectivity index is 2.43. The van der Waals surface area contributed by atoms with E-state index in [9.17, 15) is 9.90 Å². The van der Waals surface area contributed by atoms with Crippen LogP contribution in [0.15, 0.2) is 46.9 Å². The van der Waals surface area contributed by atoms with E-state index in [0.29, 0.717) is 0 Å². The van der Waals surface area contributed by atoms with Crippen molar-refractivity contribution in [1.29, 1.82) is 0 Å². The van der Waals surface area contributed by atoms with Gasteiger partial charge < -0.3 is 10.4 Å².